The van der Waals surface area contributed by atoms with E-state index in [1.807, 2.05) is 4.90 Å². The molecule has 3 heterocycles. The Labute approximate surface area is 203 Å². The number of aryl methyl sites for hydroxylation is 1. The van der Waals surface area contributed by atoms with Gasteiger partial charge in [0.1, 0.15) is 10.6 Å². The number of rotatable bonds is 7. The zero-order valence-corrected chi connectivity index (χ0v) is 20.1. The summed E-state index contributed by atoms with van der Waals surface area (Å²) in [7, 11) is 0. The van der Waals surface area contributed by atoms with Gasteiger partial charge in [0, 0.05) is 42.7 Å². The third-order valence-corrected chi connectivity index (χ3v) is 8.82. The molecule has 176 valence electrons. The molecular weight excluding hydrogens is 489 g/mol. The predicted octanol–water partition coefficient (Wildman–Crippen LogP) is 2.86. The van der Waals surface area contributed by atoms with E-state index in [1.54, 1.807) is 6.92 Å². The van der Waals surface area contributed by atoms with Crippen molar-refractivity contribution in [1.29, 1.82) is 0 Å². The van der Waals surface area contributed by atoms with Crippen molar-refractivity contribution in [3.63, 3.8) is 0 Å². The number of anilines is 1. The fourth-order valence-corrected chi connectivity index (χ4v) is 5.95. The van der Waals surface area contributed by atoms with Gasteiger partial charge in [-0.2, -0.15) is 0 Å². The highest BCUT2D eigenvalue weighted by molar-refractivity contribution is 7.17. The maximum atomic E-state index is 12.6. The maximum absolute atomic E-state index is 12.6. The molecule has 3 aliphatic rings. The molecule has 33 heavy (non-hydrogen) atoms. The largest absolute Gasteiger partial charge is 0.477 e. The second-order valence-corrected chi connectivity index (χ2v) is 10.7. The van der Waals surface area contributed by atoms with Crippen LogP contribution in [0.3, 0.4) is 0 Å². The van der Waals surface area contributed by atoms with Crippen molar-refractivity contribution < 1.29 is 19.5 Å². The van der Waals surface area contributed by atoms with Crippen LogP contribution in [0, 0.1) is 18.8 Å². The Kier molecular flexibility index (Phi) is 5.78. The van der Waals surface area contributed by atoms with E-state index >= 15 is 0 Å². The topological polar surface area (TPSA) is 127 Å². The van der Waals surface area contributed by atoms with Crippen molar-refractivity contribution in [3.05, 3.63) is 32.0 Å². The molecule has 2 saturated carbocycles. The van der Waals surface area contributed by atoms with Crippen molar-refractivity contribution in [1.82, 2.24) is 20.6 Å². The van der Waals surface area contributed by atoms with Crippen LogP contribution in [0.2, 0.25) is 10.0 Å². The summed E-state index contributed by atoms with van der Waals surface area (Å²) in [4.78, 5) is 46.1. The van der Waals surface area contributed by atoms with Gasteiger partial charge in [0.15, 0.2) is 5.13 Å². The van der Waals surface area contributed by atoms with Crippen molar-refractivity contribution in [2.24, 2.45) is 11.8 Å². The molecule has 5 rings (SSSR count). The number of hydrogen-bond acceptors (Lipinski definition) is 6. The van der Waals surface area contributed by atoms with Gasteiger partial charge >= 0.3 is 5.97 Å². The van der Waals surface area contributed by atoms with Gasteiger partial charge < -0.3 is 25.6 Å². The van der Waals surface area contributed by atoms with Gasteiger partial charge in [0.25, 0.3) is 5.91 Å². The number of nitrogens with zero attached hydrogens (tertiary/aromatic N) is 2. The number of amides is 2. The SMILES string of the molecule is Cc1[nH]c(C(=O)NC2[C@H]3CN(c4nc(CC(=O)NC5CCC5)c(C(=O)O)s4)C[C@@H]23)c(Cl)c1Cl. The van der Waals surface area contributed by atoms with Crippen molar-refractivity contribution >= 4 is 57.5 Å². The highest BCUT2D eigenvalue weighted by atomic mass is 35.5. The summed E-state index contributed by atoms with van der Waals surface area (Å²) in [6.07, 6.45) is 3.01. The number of hydrogen-bond donors (Lipinski definition) is 4. The first kappa shape index (κ1) is 22.5. The highest BCUT2D eigenvalue weighted by Gasteiger charge is 2.57. The number of carbonyl (C=O) groups is 3. The van der Waals surface area contributed by atoms with Gasteiger partial charge in [-0.15, -0.1) is 0 Å². The Morgan fingerprint density at radius 2 is 1.88 bits per heavy atom. The molecule has 2 aromatic heterocycles. The van der Waals surface area contributed by atoms with Crippen molar-refractivity contribution in [2.75, 3.05) is 18.0 Å². The van der Waals surface area contributed by atoms with Gasteiger partial charge in [-0.25, -0.2) is 9.78 Å². The van der Waals surface area contributed by atoms with E-state index in [9.17, 15) is 19.5 Å². The number of carboxylic acid groups (broad SMARTS) is 1. The molecule has 2 aliphatic carbocycles. The summed E-state index contributed by atoms with van der Waals surface area (Å²) in [6.45, 7) is 3.07. The lowest BCUT2D eigenvalue weighted by Gasteiger charge is -2.26. The number of fused-ring (bicyclic) bond motifs is 1. The van der Waals surface area contributed by atoms with Crippen LogP contribution in [0.1, 0.15) is 50.8 Å². The van der Waals surface area contributed by atoms with Gasteiger partial charge in [0.05, 0.1) is 22.2 Å². The third-order valence-electron chi connectivity index (χ3n) is 6.72. The standard InChI is InChI=1S/C21H23Cl2N5O4S/c1-8-14(22)15(23)17(24-8)19(30)27-16-10-6-28(7-11(10)16)21-26-12(18(33-21)20(31)32)5-13(29)25-9-3-2-4-9/h9-11,16,24H,2-7H2,1H3,(H,25,29)(H,27,30)(H,31,32)/t10-,11+,16?. The van der Waals surface area contributed by atoms with Crippen LogP contribution in [0.5, 0.6) is 0 Å². The first-order valence-corrected chi connectivity index (χ1v) is 12.4. The molecule has 0 radical (unpaired) electrons. The average molecular weight is 512 g/mol. The zero-order valence-electron chi connectivity index (χ0n) is 17.8. The van der Waals surface area contributed by atoms with Crippen LogP contribution in [0.15, 0.2) is 0 Å². The molecule has 2 amide bonds. The summed E-state index contributed by atoms with van der Waals surface area (Å²) in [5, 5.41) is 16.7. The Balaban J connectivity index is 1.20. The van der Waals surface area contributed by atoms with E-state index in [4.69, 9.17) is 23.2 Å². The Hall–Kier alpha value is -2.30. The second kappa shape index (κ2) is 8.48. The van der Waals surface area contributed by atoms with E-state index in [1.165, 1.54) is 0 Å². The number of aromatic carboxylic acids is 1. The first-order valence-electron chi connectivity index (χ1n) is 10.8. The number of aromatic amines is 1. The number of nitrogens with one attached hydrogen (secondary N) is 3. The predicted molar refractivity (Wildman–Crippen MR) is 125 cm³/mol. The molecule has 0 spiro atoms. The summed E-state index contributed by atoms with van der Waals surface area (Å²) >= 11 is 13.3. The molecular formula is C21H23Cl2N5O4S. The summed E-state index contributed by atoms with van der Waals surface area (Å²) < 4.78 is 0. The van der Waals surface area contributed by atoms with Crippen LogP contribution in [-0.2, 0) is 11.2 Å². The fourth-order valence-electron chi connectivity index (χ4n) is 4.59. The minimum absolute atomic E-state index is 0.0267. The van der Waals surface area contributed by atoms with Gasteiger partial charge in [-0.3, -0.25) is 9.59 Å². The molecule has 0 bridgehead atoms. The van der Waals surface area contributed by atoms with Crippen LogP contribution in [0.25, 0.3) is 0 Å². The normalized spacial score (nSPS) is 23.7. The molecule has 2 aromatic rings. The van der Waals surface area contributed by atoms with Gasteiger partial charge in [-0.05, 0) is 26.2 Å². The molecule has 3 atom stereocenters. The fraction of sp³-hybridized carbons (Fsp3) is 0.524. The van der Waals surface area contributed by atoms with Gasteiger partial charge in [0.2, 0.25) is 5.91 Å². The Bertz CT molecular complexity index is 1130. The summed E-state index contributed by atoms with van der Waals surface area (Å²) in [5.74, 6) is -1.05. The quantitative estimate of drug-likeness (QED) is 0.452. The minimum atomic E-state index is -1.07. The molecule has 12 heteroatoms. The van der Waals surface area contributed by atoms with E-state index in [0.29, 0.717) is 34.6 Å². The lowest BCUT2D eigenvalue weighted by molar-refractivity contribution is -0.121. The smallest absolute Gasteiger partial charge is 0.347 e. The maximum Gasteiger partial charge on any atom is 0.347 e. The van der Waals surface area contributed by atoms with Gasteiger partial charge in [-0.1, -0.05) is 34.5 Å². The lowest BCUT2D eigenvalue weighted by Crippen LogP contribution is -2.40. The van der Waals surface area contributed by atoms with Crippen LogP contribution >= 0.6 is 34.5 Å². The zero-order chi connectivity index (χ0) is 23.4. The third kappa shape index (κ3) is 4.20. The number of aromatic nitrogens is 2. The molecule has 3 fully saturated rings. The number of H-pyrrole nitrogens is 1. The number of thiazole rings is 1. The number of piperidine rings is 1. The minimum Gasteiger partial charge on any atom is -0.477 e. The summed E-state index contributed by atoms with van der Waals surface area (Å²) in [5.41, 5.74) is 1.21. The summed E-state index contributed by atoms with van der Waals surface area (Å²) in [6, 6.07) is 0.223. The van der Waals surface area contributed by atoms with Crippen molar-refractivity contribution in [2.45, 2.75) is 44.7 Å². The van der Waals surface area contributed by atoms with E-state index in [0.717, 1.165) is 30.6 Å². The molecule has 1 saturated heterocycles. The highest BCUT2D eigenvalue weighted by Crippen LogP contribution is 2.48. The number of carbonyl (C=O) groups excluding carboxylic acids is 2. The van der Waals surface area contributed by atoms with Crippen LogP contribution < -0.4 is 15.5 Å². The molecule has 0 aromatic carbocycles. The lowest BCUT2D eigenvalue weighted by atomic mass is 9.93. The monoisotopic (exact) mass is 511 g/mol. The Morgan fingerprint density at radius 1 is 1.18 bits per heavy atom. The van der Waals surface area contributed by atoms with Crippen LogP contribution in [-0.4, -0.2) is 58.0 Å². The molecule has 1 aliphatic heterocycles. The van der Waals surface area contributed by atoms with E-state index < -0.39 is 5.97 Å². The van der Waals surface area contributed by atoms with Crippen LogP contribution in [0.4, 0.5) is 5.13 Å². The van der Waals surface area contributed by atoms with Crippen molar-refractivity contribution in [3.8, 4) is 0 Å². The molecule has 4 N–H and O–H groups in total. The average Bonchev–Trinajstić information content (AvgIpc) is 3.11. The molecule has 1 unspecified atom stereocenters. The Morgan fingerprint density at radius 3 is 2.42 bits per heavy atom. The molecule has 9 nitrogen and oxygen atoms in total. The second-order valence-electron chi connectivity index (χ2n) is 8.93. The van der Waals surface area contributed by atoms with E-state index in [-0.39, 0.29) is 57.7 Å². The van der Waals surface area contributed by atoms with E-state index in [2.05, 4.69) is 20.6 Å². The number of carboxylic acids is 1. The number of halogens is 2. The first-order chi connectivity index (χ1) is 15.7.